The van der Waals surface area contributed by atoms with E-state index in [0.29, 0.717) is 25.1 Å². The summed E-state index contributed by atoms with van der Waals surface area (Å²) in [5, 5.41) is 11.0. The lowest BCUT2D eigenvalue weighted by Gasteiger charge is -2.42. The van der Waals surface area contributed by atoms with Gasteiger partial charge in [0.05, 0.1) is 31.1 Å². The lowest BCUT2D eigenvalue weighted by molar-refractivity contribution is 0.0526. The molecule has 0 saturated carbocycles. The molecule has 34 heavy (non-hydrogen) atoms. The number of para-hydroxylation sites is 1. The summed E-state index contributed by atoms with van der Waals surface area (Å²) in [5.41, 5.74) is 3.87. The summed E-state index contributed by atoms with van der Waals surface area (Å²) in [6.45, 7) is 14.0. The number of aliphatic hydroxyl groups excluding tert-OH is 1. The number of piperazine rings is 1. The second-order valence-electron chi connectivity index (χ2n) is 10.2. The first kappa shape index (κ1) is 26.0. The second-order valence-corrected chi connectivity index (χ2v) is 10.2. The summed E-state index contributed by atoms with van der Waals surface area (Å²) in [6.07, 6.45) is 0.144. The summed E-state index contributed by atoms with van der Waals surface area (Å²) in [7, 11) is 1.68. The van der Waals surface area contributed by atoms with Gasteiger partial charge in [0.15, 0.2) is 0 Å². The standard InChI is InChI=1S/C28H40N2O4/c1-7-34-27(32)24-10-8-9-11-26(24)30-15-14-29(20(2)18-30)19-22(31)16-21-12-13-23(33-6)17-25(21)28(3,4)5/h8-13,17,20,22,31H,7,14-16,18-19H2,1-6H3. The molecule has 1 heterocycles. The molecule has 0 amide bonds. The minimum Gasteiger partial charge on any atom is -0.497 e. The molecule has 6 heteroatoms. The molecule has 3 rings (SSSR count). The molecule has 6 nitrogen and oxygen atoms in total. The monoisotopic (exact) mass is 468 g/mol. The molecule has 1 saturated heterocycles. The fourth-order valence-corrected chi connectivity index (χ4v) is 4.76. The molecular weight excluding hydrogens is 428 g/mol. The Balaban J connectivity index is 1.65. The third kappa shape index (κ3) is 6.30. The third-order valence-corrected chi connectivity index (χ3v) is 6.53. The maximum absolute atomic E-state index is 12.4. The number of carbonyl (C=O) groups excluding carboxylic acids is 1. The first-order valence-corrected chi connectivity index (χ1v) is 12.2. The minimum atomic E-state index is -0.463. The van der Waals surface area contributed by atoms with Crippen LogP contribution in [0, 0.1) is 0 Å². The number of ether oxygens (including phenoxy) is 2. The van der Waals surface area contributed by atoms with E-state index in [1.807, 2.05) is 37.3 Å². The number of methoxy groups -OCH3 is 1. The highest BCUT2D eigenvalue weighted by atomic mass is 16.5. The van der Waals surface area contributed by atoms with Gasteiger partial charge in [-0.15, -0.1) is 0 Å². The van der Waals surface area contributed by atoms with Crippen LogP contribution in [0.15, 0.2) is 42.5 Å². The first-order chi connectivity index (χ1) is 16.1. The highest BCUT2D eigenvalue weighted by Gasteiger charge is 2.28. The Labute approximate surface area is 204 Å². The van der Waals surface area contributed by atoms with Crippen LogP contribution in [0.1, 0.15) is 56.1 Å². The maximum Gasteiger partial charge on any atom is 0.340 e. The zero-order valence-corrected chi connectivity index (χ0v) is 21.5. The van der Waals surface area contributed by atoms with E-state index >= 15 is 0 Å². The minimum absolute atomic E-state index is 0.0329. The van der Waals surface area contributed by atoms with E-state index in [0.717, 1.165) is 36.6 Å². The predicted molar refractivity (Wildman–Crippen MR) is 137 cm³/mol. The molecule has 0 radical (unpaired) electrons. The van der Waals surface area contributed by atoms with E-state index in [-0.39, 0.29) is 17.4 Å². The van der Waals surface area contributed by atoms with Gasteiger partial charge >= 0.3 is 5.97 Å². The molecule has 0 aromatic heterocycles. The maximum atomic E-state index is 12.4. The Morgan fingerprint density at radius 3 is 2.56 bits per heavy atom. The van der Waals surface area contributed by atoms with Crippen molar-refractivity contribution in [1.82, 2.24) is 4.90 Å². The van der Waals surface area contributed by atoms with Gasteiger partial charge in [-0.3, -0.25) is 4.90 Å². The van der Waals surface area contributed by atoms with Crippen molar-refractivity contribution in [3.05, 3.63) is 59.2 Å². The Hall–Kier alpha value is -2.57. The van der Waals surface area contributed by atoms with E-state index in [1.54, 1.807) is 7.11 Å². The van der Waals surface area contributed by atoms with Crippen molar-refractivity contribution >= 4 is 11.7 Å². The van der Waals surface area contributed by atoms with Gasteiger partial charge in [-0.05, 0) is 61.1 Å². The van der Waals surface area contributed by atoms with Gasteiger partial charge in [0, 0.05) is 32.2 Å². The number of nitrogens with zero attached hydrogens (tertiary/aromatic N) is 2. The Kier molecular flexibility index (Phi) is 8.61. The van der Waals surface area contributed by atoms with Crippen LogP contribution in [-0.2, 0) is 16.6 Å². The van der Waals surface area contributed by atoms with Crippen molar-refractivity contribution in [2.45, 2.75) is 58.6 Å². The number of β-amino-alcohol motifs (C(OH)–C–C–N with tert-alkyl or cyclic N) is 1. The predicted octanol–water partition coefficient (Wildman–Crippen LogP) is 4.28. The van der Waals surface area contributed by atoms with Crippen LogP contribution in [0.2, 0.25) is 0 Å². The van der Waals surface area contributed by atoms with Crippen LogP contribution in [0.5, 0.6) is 5.75 Å². The molecule has 2 atom stereocenters. The Morgan fingerprint density at radius 2 is 1.91 bits per heavy atom. The van der Waals surface area contributed by atoms with Gasteiger partial charge < -0.3 is 19.5 Å². The van der Waals surface area contributed by atoms with Crippen LogP contribution in [0.3, 0.4) is 0 Å². The van der Waals surface area contributed by atoms with Crippen molar-refractivity contribution in [2.75, 3.05) is 44.8 Å². The van der Waals surface area contributed by atoms with Gasteiger partial charge in [0.1, 0.15) is 5.75 Å². The van der Waals surface area contributed by atoms with Crippen LogP contribution in [0.4, 0.5) is 5.69 Å². The summed E-state index contributed by atoms with van der Waals surface area (Å²) < 4.78 is 10.7. The lowest BCUT2D eigenvalue weighted by atomic mass is 9.82. The molecule has 0 aliphatic carbocycles. The smallest absolute Gasteiger partial charge is 0.340 e. The fraction of sp³-hybridized carbons (Fsp3) is 0.536. The molecular formula is C28H40N2O4. The van der Waals surface area contributed by atoms with E-state index in [1.165, 1.54) is 5.56 Å². The van der Waals surface area contributed by atoms with Crippen LogP contribution in [0.25, 0.3) is 0 Å². The SMILES string of the molecule is CCOC(=O)c1ccccc1N1CCN(CC(O)Cc2ccc(OC)cc2C(C)(C)C)C(C)C1. The third-order valence-electron chi connectivity index (χ3n) is 6.53. The number of carbonyl (C=O) groups is 1. The zero-order chi connectivity index (χ0) is 24.9. The Morgan fingerprint density at radius 1 is 1.18 bits per heavy atom. The van der Waals surface area contributed by atoms with Crippen LogP contribution < -0.4 is 9.64 Å². The summed E-state index contributed by atoms with van der Waals surface area (Å²) >= 11 is 0. The fourth-order valence-electron chi connectivity index (χ4n) is 4.76. The number of aliphatic hydroxyl groups is 1. The molecule has 1 aliphatic heterocycles. The van der Waals surface area contributed by atoms with Crippen LogP contribution in [-0.4, -0.2) is 68.0 Å². The van der Waals surface area contributed by atoms with Gasteiger partial charge in [0.25, 0.3) is 0 Å². The van der Waals surface area contributed by atoms with Crippen molar-refractivity contribution in [3.8, 4) is 5.75 Å². The van der Waals surface area contributed by atoms with Crippen molar-refractivity contribution in [3.63, 3.8) is 0 Å². The van der Waals surface area contributed by atoms with Gasteiger partial charge in [0.2, 0.25) is 0 Å². The molecule has 0 spiro atoms. The number of esters is 1. The lowest BCUT2D eigenvalue weighted by Crippen LogP contribution is -2.54. The van der Waals surface area contributed by atoms with E-state index in [9.17, 15) is 9.90 Å². The average Bonchev–Trinajstić information content (AvgIpc) is 2.80. The molecule has 1 fully saturated rings. The molecule has 2 unspecified atom stereocenters. The summed E-state index contributed by atoms with van der Waals surface area (Å²) in [5.74, 6) is 0.564. The molecule has 186 valence electrons. The van der Waals surface area contributed by atoms with E-state index in [4.69, 9.17) is 9.47 Å². The number of hydrogen-bond acceptors (Lipinski definition) is 6. The number of rotatable bonds is 8. The van der Waals surface area contributed by atoms with Crippen molar-refractivity contribution < 1.29 is 19.4 Å². The normalized spacial score (nSPS) is 18.0. The van der Waals surface area contributed by atoms with Gasteiger partial charge in [-0.2, -0.15) is 0 Å². The quantitative estimate of drug-likeness (QED) is 0.584. The van der Waals surface area contributed by atoms with Crippen molar-refractivity contribution in [2.24, 2.45) is 0 Å². The topological polar surface area (TPSA) is 62.2 Å². The zero-order valence-electron chi connectivity index (χ0n) is 21.5. The number of hydrogen-bond donors (Lipinski definition) is 1. The molecule has 0 bridgehead atoms. The summed E-state index contributed by atoms with van der Waals surface area (Å²) in [6, 6.07) is 14.0. The van der Waals surface area contributed by atoms with E-state index in [2.05, 4.69) is 49.6 Å². The average molecular weight is 469 g/mol. The first-order valence-electron chi connectivity index (χ1n) is 12.2. The molecule has 2 aromatic rings. The highest BCUT2D eigenvalue weighted by Crippen LogP contribution is 2.31. The molecule has 1 aliphatic rings. The van der Waals surface area contributed by atoms with Gasteiger partial charge in [-0.25, -0.2) is 4.79 Å². The second kappa shape index (κ2) is 11.2. The molecule has 1 N–H and O–H groups in total. The van der Waals surface area contributed by atoms with Gasteiger partial charge in [-0.1, -0.05) is 39.0 Å². The molecule has 2 aromatic carbocycles. The summed E-state index contributed by atoms with van der Waals surface area (Å²) in [4.78, 5) is 17.0. The van der Waals surface area contributed by atoms with Crippen molar-refractivity contribution in [1.29, 1.82) is 0 Å². The largest absolute Gasteiger partial charge is 0.497 e. The highest BCUT2D eigenvalue weighted by molar-refractivity contribution is 5.95. The number of anilines is 1. The van der Waals surface area contributed by atoms with Crippen LogP contribution >= 0.6 is 0 Å². The van der Waals surface area contributed by atoms with E-state index < -0.39 is 6.10 Å². The Bertz CT molecular complexity index is 969. The number of benzene rings is 2.